The lowest BCUT2D eigenvalue weighted by molar-refractivity contribution is -0.123. The summed E-state index contributed by atoms with van der Waals surface area (Å²) in [7, 11) is -3.78. The summed E-state index contributed by atoms with van der Waals surface area (Å²) in [6.07, 6.45) is 1.95. The number of hydrogen-bond donors (Lipinski definition) is 1. The minimum absolute atomic E-state index is 0.0368. The standard InChI is InChI=1S/C14H24N4O3S/c1-5-18-12(10-7-6-8-15-10)16-17-13(18)22(20,21)9-11(19)14(2,3)4/h10,15H,5-9H2,1-4H3. The van der Waals surface area contributed by atoms with Crippen LogP contribution in [0.1, 0.15) is 52.4 Å². The maximum Gasteiger partial charge on any atom is 0.250 e. The van der Waals surface area contributed by atoms with Crippen LogP contribution in [0.2, 0.25) is 0 Å². The second-order valence-electron chi connectivity index (χ2n) is 6.67. The fourth-order valence-electron chi connectivity index (χ4n) is 2.44. The summed E-state index contributed by atoms with van der Waals surface area (Å²) < 4.78 is 26.7. The van der Waals surface area contributed by atoms with Crippen molar-refractivity contribution < 1.29 is 13.2 Å². The predicted octanol–water partition coefficient (Wildman–Crippen LogP) is 1.11. The lowest BCUT2D eigenvalue weighted by Crippen LogP contribution is -2.29. The van der Waals surface area contributed by atoms with Gasteiger partial charge in [0, 0.05) is 12.0 Å². The Labute approximate surface area is 131 Å². The van der Waals surface area contributed by atoms with Crippen LogP contribution in [0.3, 0.4) is 0 Å². The van der Waals surface area contributed by atoms with Gasteiger partial charge in [0.1, 0.15) is 5.75 Å². The molecule has 1 saturated heterocycles. The van der Waals surface area contributed by atoms with Gasteiger partial charge in [-0.15, -0.1) is 10.2 Å². The molecule has 124 valence electrons. The van der Waals surface area contributed by atoms with Crippen molar-refractivity contribution >= 4 is 15.6 Å². The SMILES string of the molecule is CCn1c(C2CCCN2)nnc1S(=O)(=O)CC(=O)C(C)(C)C. The van der Waals surface area contributed by atoms with Crippen molar-refractivity contribution in [1.29, 1.82) is 0 Å². The molecule has 1 unspecified atom stereocenters. The number of ketones is 1. The predicted molar refractivity (Wildman–Crippen MR) is 82.2 cm³/mol. The number of hydrogen-bond acceptors (Lipinski definition) is 6. The van der Waals surface area contributed by atoms with Crippen molar-refractivity contribution in [1.82, 2.24) is 20.1 Å². The van der Waals surface area contributed by atoms with Crippen molar-refractivity contribution in [3.63, 3.8) is 0 Å². The van der Waals surface area contributed by atoms with E-state index in [0.717, 1.165) is 19.4 Å². The Kier molecular flexibility index (Phi) is 4.72. The zero-order valence-electron chi connectivity index (χ0n) is 13.6. The van der Waals surface area contributed by atoms with E-state index in [0.29, 0.717) is 12.4 Å². The first-order valence-corrected chi connectivity index (χ1v) is 9.24. The van der Waals surface area contributed by atoms with Crippen molar-refractivity contribution in [2.45, 2.75) is 58.3 Å². The Morgan fingerprint density at radius 1 is 1.36 bits per heavy atom. The number of nitrogens with one attached hydrogen (secondary N) is 1. The second-order valence-corrected chi connectivity index (χ2v) is 8.55. The average Bonchev–Trinajstić information content (AvgIpc) is 3.05. The van der Waals surface area contributed by atoms with Crippen LogP contribution in [0, 0.1) is 5.41 Å². The molecule has 1 atom stereocenters. The zero-order chi connectivity index (χ0) is 16.5. The molecule has 0 radical (unpaired) electrons. The van der Waals surface area contributed by atoms with Crippen LogP contribution in [0.15, 0.2) is 5.16 Å². The highest BCUT2D eigenvalue weighted by Gasteiger charge is 2.33. The van der Waals surface area contributed by atoms with Crippen LogP contribution in [-0.2, 0) is 21.2 Å². The molecule has 0 aliphatic carbocycles. The van der Waals surface area contributed by atoms with Crippen LogP contribution >= 0.6 is 0 Å². The summed E-state index contributed by atoms with van der Waals surface area (Å²) in [4.78, 5) is 12.1. The van der Waals surface area contributed by atoms with E-state index in [1.165, 1.54) is 0 Å². The number of rotatable bonds is 5. The zero-order valence-corrected chi connectivity index (χ0v) is 14.4. The van der Waals surface area contributed by atoms with Gasteiger partial charge < -0.3 is 9.88 Å². The molecule has 1 aromatic rings. The Morgan fingerprint density at radius 2 is 2.05 bits per heavy atom. The van der Waals surface area contributed by atoms with E-state index in [-0.39, 0.29) is 17.0 Å². The fourth-order valence-corrected chi connectivity index (χ4v) is 4.07. The third-order valence-electron chi connectivity index (χ3n) is 3.87. The highest BCUT2D eigenvalue weighted by atomic mass is 32.2. The van der Waals surface area contributed by atoms with Gasteiger partial charge in [-0.1, -0.05) is 20.8 Å². The van der Waals surface area contributed by atoms with Crippen molar-refractivity contribution in [2.75, 3.05) is 12.3 Å². The van der Waals surface area contributed by atoms with Gasteiger partial charge in [-0.2, -0.15) is 0 Å². The smallest absolute Gasteiger partial charge is 0.250 e. The van der Waals surface area contributed by atoms with Crippen molar-refractivity contribution in [3.8, 4) is 0 Å². The Bertz CT molecular complexity index is 652. The molecule has 1 fully saturated rings. The van der Waals surface area contributed by atoms with E-state index >= 15 is 0 Å². The summed E-state index contributed by atoms with van der Waals surface area (Å²) >= 11 is 0. The van der Waals surface area contributed by atoms with Gasteiger partial charge in [-0.05, 0) is 26.3 Å². The highest BCUT2D eigenvalue weighted by molar-refractivity contribution is 7.92. The quantitative estimate of drug-likeness (QED) is 0.870. The summed E-state index contributed by atoms with van der Waals surface area (Å²) in [6, 6.07) is 0.0368. The maximum atomic E-state index is 12.5. The number of carbonyl (C=O) groups is 1. The molecule has 0 bridgehead atoms. The lowest BCUT2D eigenvalue weighted by Gasteiger charge is -2.17. The van der Waals surface area contributed by atoms with Gasteiger partial charge in [-0.25, -0.2) is 8.42 Å². The topological polar surface area (TPSA) is 93.9 Å². The normalized spacial score (nSPS) is 19.5. The van der Waals surface area contributed by atoms with Gasteiger partial charge >= 0.3 is 0 Å². The van der Waals surface area contributed by atoms with Crippen LogP contribution in [0.5, 0.6) is 0 Å². The molecule has 8 heteroatoms. The Morgan fingerprint density at radius 3 is 2.55 bits per heavy atom. The average molecular weight is 328 g/mol. The number of sulfone groups is 1. The molecule has 0 amide bonds. The van der Waals surface area contributed by atoms with E-state index < -0.39 is 21.0 Å². The third-order valence-corrected chi connectivity index (χ3v) is 5.37. The summed E-state index contributed by atoms with van der Waals surface area (Å²) in [6.45, 7) is 8.34. The first-order chi connectivity index (χ1) is 10.2. The minimum atomic E-state index is -3.78. The van der Waals surface area contributed by atoms with Gasteiger partial charge in [0.05, 0.1) is 6.04 Å². The van der Waals surface area contributed by atoms with E-state index in [1.807, 2.05) is 6.92 Å². The van der Waals surface area contributed by atoms with Gasteiger partial charge in [-0.3, -0.25) is 4.79 Å². The third kappa shape index (κ3) is 3.38. The second kappa shape index (κ2) is 6.08. The Hall–Kier alpha value is -1.28. The minimum Gasteiger partial charge on any atom is -0.307 e. The summed E-state index contributed by atoms with van der Waals surface area (Å²) in [5, 5.41) is 11.1. The molecule has 0 saturated carbocycles. The molecule has 2 heterocycles. The molecule has 1 aromatic heterocycles. The van der Waals surface area contributed by atoms with E-state index in [1.54, 1.807) is 25.3 Å². The molecule has 1 N–H and O–H groups in total. The van der Waals surface area contributed by atoms with Crippen LogP contribution in [-0.4, -0.2) is 41.3 Å². The van der Waals surface area contributed by atoms with Crippen molar-refractivity contribution in [2.24, 2.45) is 5.41 Å². The summed E-state index contributed by atoms with van der Waals surface area (Å²) in [5.41, 5.74) is -0.694. The first kappa shape index (κ1) is 17.1. The number of Topliss-reactive ketones (excluding diaryl/α,β-unsaturated/α-hetero) is 1. The fraction of sp³-hybridized carbons (Fsp3) is 0.786. The molecule has 1 aliphatic rings. The lowest BCUT2D eigenvalue weighted by atomic mass is 9.92. The van der Waals surface area contributed by atoms with E-state index in [9.17, 15) is 13.2 Å². The van der Waals surface area contributed by atoms with Crippen molar-refractivity contribution in [3.05, 3.63) is 5.82 Å². The number of aromatic nitrogens is 3. The van der Waals surface area contributed by atoms with E-state index in [4.69, 9.17) is 0 Å². The number of nitrogens with zero attached hydrogens (tertiary/aromatic N) is 3. The summed E-state index contributed by atoms with van der Waals surface area (Å²) in [5.74, 6) is -0.215. The molecular weight excluding hydrogens is 304 g/mol. The van der Waals surface area contributed by atoms with Crippen LogP contribution in [0.4, 0.5) is 0 Å². The van der Waals surface area contributed by atoms with Crippen LogP contribution < -0.4 is 5.32 Å². The molecular formula is C14H24N4O3S. The largest absolute Gasteiger partial charge is 0.307 e. The monoisotopic (exact) mass is 328 g/mol. The molecule has 2 rings (SSSR count). The van der Waals surface area contributed by atoms with E-state index in [2.05, 4.69) is 15.5 Å². The molecule has 1 aliphatic heterocycles. The highest BCUT2D eigenvalue weighted by Crippen LogP contribution is 2.24. The number of carbonyl (C=O) groups excluding carboxylic acids is 1. The first-order valence-electron chi connectivity index (χ1n) is 7.59. The molecule has 0 aromatic carbocycles. The van der Waals surface area contributed by atoms with Gasteiger partial charge in [0.25, 0.3) is 0 Å². The molecule has 22 heavy (non-hydrogen) atoms. The molecule has 7 nitrogen and oxygen atoms in total. The van der Waals surface area contributed by atoms with Gasteiger partial charge in [0.15, 0.2) is 11.6 Å². The van der Waals surface area contributed by atoms with Gasteiger partial charge in [0.2, 0.25) is 15.0 Å². The maximum absolute atomic E-state index is 12.5. The Balaban J connectivity index is 2.33. The van der Waals surface area contributed by atoms with Crippen LogP contribution in [0.25, 0.3) is 0 Å². The molecule has 0 spiro atoms.